The van der Waals surface area contributed by atoms with E-state index >= 15 is 0 Å². The number of alkyl halides is 1. The summed E-state index contributed by atoms with van der Waals surface area (Å²) in [5.41, 5.74) is 2.54. The first-order chi connectivity index (χ1) is 13.4. The predicted molar refractivity (Wildman–Crippen MR) is 103 cm³/mol. The number of carbonyl (C=O) groups is 2. The third kappa shape index (κ3) is 4.30. The maximum Gasteiger partial charge on any atom is 0.408 e. The number of pyridine rings is 1. The molecule has 3 rings (SSSR count). The highest BCUT2D eigenvalue weighted by Gasteiger charge is 2.40. The second-order valence-electron chi connectivity index (χ2n) is 7.31. The van der Waals surface area contributed by atoms with Crippen LogP contribution in [0.15, 0.2) is 48.7 Å². The van der Waals surface area contributed by atoms with Gasteiger partial charge in [-0.05, 0) is 23.1 Å². The molecule has 1 aromatic carbocycles. The molecular formula is C21H24FN3O3. The van der Waals surface area contributed by atoms with Crippen LogP contribution in [-0.2, 0) is 4.79 Å². The van der Waals surface area contributed by atoms with Gasteiger partial charge in [0.1, 0.15) is 12.2 Å². The molecule has 3 atom stereocenters. The average Bonchev–Trinajstić information content (AvgIpc) is 3.09. The number of nitrogens with zero attached hydrogens (tertiary/aromatic N) is 2. The van der Waals surface area contributed by atoms with Crippen molar-refractivity contribution in [1.82, 2.24) is 15.2 Å². The lowest BCUT2D eigenvalue weighted by Crippen LogP contribution is -2.46. The highest BCUT2D eigenvalue weighted by molar-refractivity contribution is 5.86. The van der Waals surface area contributed by atoms with Crippen molar-refractivity contribution in [2.75, 3.05) is 6.54 Å². The van der Waals surface area contributed by atoms with E-state index in [1.807, 2.05) is 42.5 Å². The van der Waals surface area contributed by atoms with Crippen molar-refractivity contribution < 1.29 is 19.1 Å². The summed E-state index contributed by atoms with van der Waals surface area (Å²) in [7, 11) is 0. The van der Waals surface area contributed by atoms with Crippen molar-refractivity contribution in [3.63, 3.8) is 0 Å². The summed E-state index contributed by atoms with van der Waals surface area (Å²) in [5.74, 6) is -0.193. The van der Waals surface area contributed by atoms with E-state index < -0.39 is 30.3 Å². The molecule has 6 nitrogen and oxygen atoms in total. The Labute approximate surface area is 163 Å². The van der Waals surface area contributed by atoms with Crippen LogP contribution < -0.4 is 5.32 Å². The Morgan fingerprint density at radius 2 is 1.89 bits per heavy atom. The van der Waals surface area contributed by atoms with Gasteiger partial charge in [-0.15, -0.1) is 0 Å². The lowest BCUT2D eigenvalue weighted by Gasteiger charge is -2.25. The third-order valence-corrected chi connectivity index (χ3v) is 4.99. The number of rotatable bonds is 5. The van der Waals surface area contributed by atoms with Crippen LogP contribution in [0.2, 0.25) is 0 Å². The Morgan fingerprint density at radius 1 is 1.18 bits per heavy atom. The largest absolute Gasteiger partial charge is 0.465 e. The van der Waals surface area contributed by atoms with Gasteiger partial charge in [-0.3, -0.25) is 14.7 Å². The maximum absolute atomic E-state index is 13.8. The fourth-order valence-corrected chi connectivity index (χ4v) is 3.39. The smallest absolute Gasteiger partial charge is 0.408 e. The SMILES string of the molecule is CC(C)c1ccc(C(NC(=O)[C@H]2CC(F)CN2C(=O)O)c2ccccc2)nc1. The molecule has 1 aromatic heterocycles. The fraction of sp³-hybridized carbons (Fsp3) is 0.381. The second-order valence-corrected chi connectivity index (χ2v) is 7.31. The van der Waals surface area contributed by atoms with E-state index in [0.717, 1.165) is 16.0 Å². The van der Waals surface area contributed by atoms with Crippen LogP contribution in [0, 0.1) is 0 Å². The van der Waals surface area contributed by atoms with Crippen molar-refractivity contribution in [3.05, 3.63) is 65.5 Å². The van der Waals surface area contributed by atoms with Gasteiger partial charge in [0.2, 0.25) is 5.91 Å². The lowest BCUT2D eigenvalue weighted by molar-refractivity contribution is -0.125. The van der Waals surface area contributed by atoms with E-state index in [2.05, 4.69) is 24.1 Å². The quantitative estimate of drug-likeness (QED) is 0.825. The van der Waals surface area contributed by atoms with E-state index in [-0.39, 0.29) is 13.0 Å². The number of hydrogen-bond acceptors (Lipinski definition) is 3. The Bertz CT molecular complexity index is 827. The van der Waals surface area contributed by atoms with Crippen molar-refractivity contribution in [3.8, 4) is 0 Å². The number of amides is 2. The van der Waals surface area contributed by atoms with Gasteiger partial charge in [-0.1, -0.05) is 50.2 Å². The molecule has 7 heteroatoms. The lowest BCUT2D eigenvalue weighted by atomic mass is 10.00. The van der Waals surface area contributed by atoms with Gasteiger partial charge in [-0.2, -0.15) is 0 Å². The van der Waals surface area contributed by atoms with Gasteiger partial charge in [0.25, 0.3) is 0 Å². The standard InChI is InChI=1S/C21H24FN3O3/c1-13(2)15-8-9-17(23-11-15)19(14-6-4-3-5-7-14)24-20(26)18-10-16(22)12-25(18)21(27)28/h3-9,11,13,16,18-19H,10,12H2,1-2H3,(H,24,26)(H,27,28)/t16?,18-,19?/m1/s1. The number of aromatic nitrogens is 1. The first-order valence-corrected chi connectivity index (χ1v) is 9.31. The topological polar surface area (TPSA) is 82.5 Å². The average molecular weight is 385 g/mol. The van der Waals surface area contributed by atoms with Crippen LogP contribution in [0.4, 0.5) is 9.18 Å². The number of nitrogens with one attached hydrogen (secondary N) is 1. The zero-order valence-electron chi connectivity index (χ0n) is 15.9. The molecular weight excluding hydrogens is 361 g/mol. The number of carbonyl (C=O) groups excluding carboxylic acids is 1. The van der Waals surface area contributed by atoms with Crippen molar-refractivity contribution >= 4 is 12.0 Å². The number of benzene rings is 1. The molecule has 2 amide bonds. The highest BCUT2D eigenvalue weighted by Crippen LogP contribution is 2.25. The van der Waals surface area contributed by atoms with Crippen LogP contribution >= 0.6 is 0 Å². The van der Waals surface area contributed by atoms with Gasteiger partial charge >= 0.3 is 6.09 Å². The molecule has 1 fully saturated rings. The van der Waals surface area contributed by atoms with Crippen LogP contribution in [0.5, 0.6) is 0 Å². The molecule has 148 valence electrons. The van der Waals surface area contributed by atoms with Gasteiger partial charge in [0.05, 0.1) is 18.3 Å². The summed E-state index contributed by atoms with van der Waals surface area (Å²) in [4.78, 5) is 29.5. The van der Waals surface area contributed by atoms with Crippen LogP contribution in [0.1, 0.15) is 49.0 Å². The van der Waals surface area contributed by atoms with Crippen LogP contribution in [0.3, 0.4) is 0 Å². The fourth-order valence-electron chi connectivity index (χ4n) is 3.39. The van der Waals surface area contributed by atoms with Crippen molar-refractivity contribution in [1.29, 1.82) is 0 Å². The molecule has 28 heavy (non-hydrogen) atoms. The van der Waals surface area contributed by atoms with E-state index in [9.17, 15) is 19.1 Å². The number of likely N-dealkylation sites (tertiary alicyclic amines) is 1. The Balaban J connectivity index is 1.87. The normalized spacial score (nSPS) is 20.2. The molecule has 1 saturated heterocycles. The van der Waals surface area contributed by atoms with Crippen LogP contribution in [-0.4, -0.2) is 45.7 Å². The minimum Gasteiger partial charge on any atom is -0.465 e. The molecule has 2 aromatic rings. The van der Waals surface area contributed by atoms with Crippen LogP contribution in [0.25, 0.3) is 0 Å². The van der Waals surface area contributed by atoms with E-state index in [1.165, 1.54) is 0 Å². The maximum atomic E-state index is 13.8. The summed E-state index contributed by atoms with van der Waals surface area (Å²) in [5, 5.41) is 12.1. The molecule has 2 N–H and O–H groups in total. The summed E-state index contributed by atoms with van der Waals surface area (Å²) in [6, 6.07) is 11.5. The van der Waals surface area contributed by atoms with Crippen molar-refractivity contribution in [2.45, 2.75) is 44.4 Å². The first-order valence-electron chi connectivity index (χ1n) is 9.31. The Kier molecular flexibility index (Phi) is 5.92. The third-order valence-electron chi connectivity index (χ3n) is 4.99. The van der Waals surface area contributed by atoms with E-state index in [4.69, 9.17) is 0 Å². The Hall–Kier alpha value is -2.96. The number of halogens is 1. The van der Waals surface area contributed by atoms with Gasteiger partial charge in [0.15, 0.2) is 0 Å². The monoisotopic (exact) mass is 385 g/mol. The molecule has 1 aliphatic rings. The summed E-state index contributed by atoms with van der Waals surface area (Å²) in [6.07, 6.45) is -1.00. The van der Waals surface area contributed by atoms with Gasteiger partial charge in [-0.25, -0.2) is 9.18 Å². The zero-order valence-corrected chi connectivity index (χ0v) is 15.9. The summed E-state index contributed by atoms with van der Waals surface area (Å²) in [6.45, 7) is 3.85. The molecule has 2 heterocycles. The van der Waals surface area contributed by atoms with Gasteiger partial charge < -0.3 is 10.4 Å². The second kappa shape index (κ2) is 8.37. The van der Waals surface area contributed by atoms with E-state index in [0.29, 0.717) is 11.6 Å². The predicted octanol–water partition coefficient (Wildman–Crippen LogP) is 3.50. The Morgan fingerprint density at radius 3 is 2.46 bits per heavy atom. The molecule has 0 aliphatic carbocycles. The van der Waals surface area contributed by atoms with Gasteiger partial charge in [0, 0.05) is 12.6 Å². The highest BCUT2D eigenvalue weighted by atomic mass is 19.1. The molecule has 0 spiro atoms. The summed E-state index contributed by atoms with van der Waals surface area (Å²) < 4.78 is 13.8. The minimum atomic E-state index is -1.34. The number of hydrogen-bond donors (Lipinski definition) is 2. The zero-order chi connectivity index (χ0) is 20.3. The minimum absolute atomic E-state index is 0.140. The molecule has 1 aliphatic heterocycles. The first kappa shape index (κ1) is 19.8. The molecule has 0 saturated carbocycles. The molecule has 2 unspecified atom stereocenters. The van der Waals surface area contributed by atoms with Crippen molar-refractivity contribution in [2.24, 2.45) is 0 Å². The molecule has 0 bridgehead atoms. The summed E-state index contributed by atoms with van der Waals surface area (Å²) >= 11 is 0. The van der Waals surface area contributed by atoms with E-state index in [1.54, 1.807) is 6.20 Å². The molecule has 0 radical (unpaired) electrons. The number of carboxylic acid groups (broad SMARTS) is 1.